The second-order valence-corrected chi connectivity index (χ2v) is 9.98. The Kier molecular flexibility index (Phi) is 6.49. The Morgan fingerprint density at radius 2 is 1.82 bits per heavy atom. The van der Waals surface area contributed by atoms with Crippen LogP contribution in [-0.2, 0) is 12.0 Å². The van der Waals surface area contributed by atoms with E-state index < -0.39 is 0 Å². The van der Waals surface area contributed by atoms with Gasteiger partial charge in [-0.2, -0.15) is 4.52 Å². The molecule has 0 spiro atoms. The smallest absolute Gasteiger partial charge is 0.242 e. The lowest BCUT2D eigenvalue weighted by Crippen LogP contribution is -2.28. The van der Waals surface area contributed by atoms with Crippen LogP contribution in [0.25, 0.3) is 5.65 Å². The Bertz CT molecular complexity index is 1280. The van der Waals surface area contributed by atoms with E-state index in [-0.39, 0.29) is 36.6 Å². The van der Waals surface area contributed by atoms with E-state index in [2.05, 4.69) is 30.8 Å². The van der Waals surface area contributed by atoms with Crippen molar-refractivity contribution in [3.05, 3.63) is 46.1 Å². The fraction of sp³-hybridized carbons (Fsp3) is 0.520. The van der Waals surface area contributed by atoms with Crippen LogP contribution in [0.4, 0.5) is 5.82 Å². The standard InChI is InChI=1S/C25H34N6O3/c1-16-17(2)23-27-30(24(26)31(23)28-22(16)29-8-6-7-9-29)15-21(33)18-12-19(25(3,4)5)14-20(13-18)34-11-10-32/h12-14,26,32H,6-11,15H2,1-5H3. The summed E-state index contributed by atoms with van der Waals surface area (Å²) in [7, 11) is 0. The van der Waals surface area contributed by atoms with Crippen molar-refractivity contribution in [3.63, 3.8) is 0 Å². The number of aromatic nitrogens is 4. The van der Waals surface area contributed by atoms with Gasteiger partial charge < -0.3 is 14.7 Å². The SMILES string of the molecule is Cc1c(N2CCCC2)nn2c(=N)n(CC(=O)c3cc(OCCO)cc(C(C)(C)C)c3)nc2c1C. The molecule has 3 heterocycles. The van der Waals surface area contributed by atoms with Crippen LogP contribution < -0.4 is 15.3 Å². The summed E-state index contributed by atoms with van der Waals surface area (Å²) in [5, 5.41) is 27.1. The first-order valence-corrected chi connectivity index (χ1v) is 11.8. The summed E-state index contributed by atoms with van der Waals surface area (Å²) in [4.78, 5) is 15.5. The third-order valence-electron chi connectivity index (χ3n) is 6.44. The number of hydrogen-bond donors (Lipinski definition) is 2. The van der Waals surface area contributed by atoms with E-state index in [0.717, 1.165) is 48.4 Å². The lowest BCUT2D eigenvalue weighted by atomic mass is 9.85. The largest absolute Gasteiger partial charge is 0.491 e. The predicted molar refractivity (Wildman–Crippen MR) is 130 cm³/mol. The number of Topliss-reactive ketones (excluding diaryl/α,β-unsaturated/α-hetero) is 1. The Labute approximate surface area is 199 Å². The molecule has 0 saturated carbocycles. The van der Waals surface area contributed by atoms with Crippen molar-refractivity contribution in [3.8, 4) is 5.75 Å². The lowest BCUT2D eigenvalue weighted by Gasteiger charge is -2.21. The average Bonchev–Trinajstić information content (AvgIpc) is 3.43. The van der Waals surface area contributed by atoms with Gasteiger partial charge in [-0.1, -0.05) is 20.8 Å². The minimum Gasteiger partial charge on any atom is -0.491 e. The normalized spacial score (nSPS) is 14.2. The van der Waals surface area contributed by atoms with E-state index in [4.69, 9.17) is 20.4 Å². The van der Waals surface area contributed by atoms with Gasteiger partial charge >= 0.3 is 0 Å². The summed E-state index contributed by atoms with van der Waals surface area (Å²) in [6, 6.07) is 5.45. The number of carbonyl (C=O) groups is 1. The number of aliphatic hydroxyl groups excluding tert-OH is 1. The van der Waals surface area contributed by atoms with Gasteiger partial charge in [0.1, 0.15) is 18.9 Å². The molecule has 9 nitrogen and oxygen atoms in total. The Balaban J connectivity index is 1.70. The van der Waals surface area contributed by atoms with Crippen molar-refractivity contribution in [2.75, 3.05) is 31.2 Å². The Hall–Kier alpha value is -3.20. The van der Waals surface area contributed by atoms with Crippen molar-refractivity contribution >= 4 is 17.2 Å². The predicted octanol–water partition coefficient (Wildman–Crippen LogP) is 2.78. The minimum atomic E-state index is -0.186. The summed E-state index contributed by atoms with van der Waals surface area (Å²) in [6.07, 6.45) is 2.28. The number of nitrogens with zero attached hydrogens (tertiary/aromatic N) is 5. The van der Waals surface area contributed by atoms with Crippen molar-refractivity contribution in [1.82, 2.24) is 19.4 Å². The first-order chi connectivity index (χ1) is 16.1. The molecule has 34 heavy (non-hydrogen) atoms. The molecule has 1 aromatic carbocycles. The molecule has 9 heteroatoms. The molecule has 0 amide bonds. The third-order valence-corrected chi connectivity index (χ3v) is 6.44. The zero-order chi connectivity index (χ0) is 24.6. The lowest BCUT2D eigenvalue weighted by molar-refractivity contribution is 0.0965. The number of carbonyl (C=O) groups excluding carboxylic acids is 1. The number of anilines is 1. The van der Waals surface area contributed by atoms with Crippen molar-refractivity contribution in [2.45, 2.75) is 59.4 Å². The topological polar surface area (TPSA) is 109 Å². The molecule has 1 aliphatic heterocycles. The fourth-order valence-corrected chi connectivity index (χ4v) is 4.25. The highest BCUT2D eigenvalue weighted by atomic mass is 16.5. The van der Waals surface area contributed by atoms with Crippen molar-refractivity contribution in [2.24, 2.45) is 0 Å². The van der Waals surface area contributed by atoms with Crippen LogP contribution in [-0.4, -0.2) is 56.6 Å². The molecule has 1 aliphatic rings. The van der Waals surface area contributed by atoms with Crippen LogP contribution in [0.15, 0.2) is 18.2 Å². The highest BCUT2D eigenvalue weighted by Crippen LogP contribution is 2.28. The number of fused-ring (bicyclic) bond motifs is 1. The number of ether oxygens (including phenoxy) is 1. The van der Waals surface area contributed by atoms with Gasteiger partial charge in [-0.15, -0.1) is 10.2 Å². The summed E-state index contributed by atoms with van der Waals surface area (Å²) >= 11 is 0. The molecule has 3 aromatic rings. The molecule has 0 unspecified atom stereocenters. The number of hydrogen-bond acceptors (Lipinski definition) is 7. The molecule has 4 rings (SSSR count). The summed E-state index contributed by atoms with van der Waals surface area (Å²) < 4.78 is 8.55. The number of nitrogens with one attached hydrogen (secondary N) is 1. The molecule has 0 bridgehead atoms. The van der Waals surface area contributed by atoms with Crippen molar-refractivity contribution < 1.29 is 14.6 Å². The zero-order valence-electron chi connectivity index (χ0n) is 20.7. The maximum absolute atomic E-state index is 13.3. The van der Waals surface area contributed by atoms with Gasteiger partial charge in [0, 0.05) is 29.8 Å². The second-order valence-electron chi connectivity index (χ2n) is 9.98. The van der Waals surface area contributed by atoms with Gasteiger partial charge in [0.25, 0.3) is 0 Å². The Morgan fingerprint density at radius 3 is 2.47 bits per heavy atom. The highest BCUT2D eigenvalue weighted by Gasteiger charge is 2.22. The molecule has 182 valence electrons. The molecule has 1 saturated heterocycles. The third kappa shape index (κ3) is 4.57. The van der Waals surface area contributed by atoms with Crippen LogP contribution in [0.2, 0.25) is 0 Å². The molecule has 0 aliphatic carbocycles. The average molecular weight is 467 g/mol. The molecular formula is C25H34N6O3. The monoisotopic (exact) mass is 466 g/mol. The number of rotatable bonds is 7. The number of benzene rings is 1. The second kappa shape index (κ2) is 9.21. The van der Waals surface area contributed by atoms with Gasteiger partial charge in [-0.05, 0) is 55.9 Å². The molecule has 1 fully saturated rings. The number of aliphatic hydroxyl groups is 1. The van der Waals surface area contributed by atoms with E-state index in [0.29, 0.717) is 17.0 Å². The van der Waals surface area contributed by atoms with E-state index >= 15 is 0 Å². The number of aryl methyl sites for hydroxylation is 1. The van der Waals surface area contributed by atoms with Gasteiger partial charge in [-0.3, -0.25) is 10.2 Å². The quantitative estimate of drug-likeness (QED) is 0.519. The van der Waals surface area contributed by atoms with E-state index in [1.54, 1.807) is 6.07 Å². The van der Waals surface area contributed by atoms with Gasteiger partial charge in [0.2, 0.25) is 5.62 Å². The first kappa shape index (κ1) is 23.9. The van der Waals surface area contributed by atoms with Gasteiger partial charge in [0.05, 0.1) is 6.61 Å². The van der Waals surface area contributed by atoms with Crippen molar-refractivity contribution in [1.29, 1.82) is 5.41 Å². The van der Waals surface area contributed by atoms with E-state index in [9.17, 15) is 4.79 Å². The molecular weight excluding hydrogens is 432 g/mol. The van der Waals surface area contributed by atoms with E-state index in [1.807, 2.05) is 26.0 Å². The Morgan fingerprint density at radius 1 is 1.12 bits per heavy atom. The van der Waals surface area contributed by atoms with Gasteiger partial charge in [-0.25, -0.2) is 4.68 Å². The molecule has 2 aromatic heterocycles. The van der Waals surface area contributed by atoms with Crippen LogP contribution in [0, 0.1) is 19.3 Å². The van der Waals surface area contributed by atoms with Crippen LogP contribution in [0.5, 0.6) is 5.75 Å². The zero-order valence-corrected chi connectivity index (χ0v) is 20.7. The van der Waals surface area contributed by atoms with Gasteiger partial charge in [0.15, 0.2) is 17.2 Å². The number of ketones is 1. The van der Waals surface area contributed by atoms with Crippen LogP contribution in [0.1, 0.15) is 60.7 Å². The minimum absolute atomic E-state index is 0.0654. The molecule has 2 N–H and O–H groups in total. The molecule has 0 atom stereocenters. The summed E-state index contributed by atoms with van der Waals surface area (Å²) in [6.45, 7) is 12.1. The maximum Gasteiger partial charge on any atom is 0.242 e. The first-order valence-electron chi connectivity index (χ1n) is 11.8. The summed E-state index contributed by atoms with van der Waals surface area (Å²) in [5.41, 5.74) is 3.94. The fourth-order valence-electron chi connectivity index (χ4n) is 4.25. The van der Waals surface area contributed by atoms with Crippen LogP contribution >= 0.6 is 0 Å². The van der Waals surface area contributed by atoms with Crippen LogP contribution in [0.3, 0.4) is 0 Å². The summed E-state index contributed by atoms with van der Waals surface area (Å²) in [5.74, 6) is 1.26. The highest BCUT2D eigenvalue weighted by molar-refractivity contribution is 5.96. The molecule has 0 radical (unpaired) electrons. The maximum atomic E-state index is 13.3. The van der Waals surface area contributed by atoms with E-state index in [1.165, 1.54) is 9.20 Å².